The van der Waals surface area contributed by atoms with Crippen LogP contribution in [0.25, 0.3) is 44.2 Å². The minimum Gasteiger partial charge on any atom is -0.456 e. The molecule has 2 nitrogen and oxygen atoms in total. The lowest BCUT2D eigenvalue weighted by molar-refractivity contribution is 0.660. The molecule has 0 radical (unpaired) electrons. The largest absolute Gasteiger partial charge is 0.456 e. The van der Waals surface area contributed by atoms with Gasteiger partial charge in [-0.15, -0.1) is 0 Å². The first kappa shape index (κ1) is 16.8. The molecule has 0 saturated heterocycles. The zero-order chi connectivity index (χ0) is 19.1. The molecule has 5 rings (SSSR count). The number of rotatable bonds is 2. The van der Waals surface area contributed by atoms with E-state index in [-0.39, 0.29) is 5.43 Å². The molecule has 4 aromatic carbocycles. The summed E-state index contributed by atoms with van der Waals surface area (Å²) < 4.78 is 5.89. The van der Waals surface area contributed by atoms with Gasteiger partial charge >= 0.3 is 0 Å². The summed E-state index contributed by atoms with van der Waals surface area (Å²) in [7, 11) is 0. The lowest BCUT2D eigenvalue weighted by atomic mass is 9.99. The molecule has 0 saturated carbocycles. The number of hydrogen-bond donors (Lipinski definition) is 0. The van der Waals surface area contributed by atoms with Gasteiger partial charge in [-0.3, -0.25) is 4.79 Å². The summed E-state index contributed by atoms with van der Waals surface area (Å²) in [5.74, 6) is 0. The second kappa shape index (κ2) is 6.66. The average Bonchev–Trinajstić information content (AvgIpc) is 2.74. The van der Waals surface area contributed by atoms with Crippen molar-refractivity contribution in [3.8, 4) is 22.3 Å². The maximum absolute atomic E-state index is 12.9. The summed E-state index contributed by atoms with van der Waals surface area (Å²) in [4.78, 5) is 12.9. The van der Waals surface area contributed by atoms with Crippen LogP contribution in [0.5, 0.6) is 0 Å². The first-order valence-electron chi connectivity index (χ1n) is 9.01. The third kappa shape index (κ3) is 2.88. The van der Waals surface area contributed by atoms with Gasteiger partial charge in [-0.1, -0.05) is 66.2 Å². The molecule has 3 heteroatoms. The van der Waals surface area contributed by atoms with Crippen molar-refractivity contribution >= 4 is 33.5 Å². The minimum absolute atomic E-state index is 0.00533. The minimum atomic E-state index is -0.00533. The van der Waals surface area contributed by atoms with E-state index < -0.39 is 0 Å². The maximum Gasteiger partial charge on any atom is 0.200 e. The second-order valence-corrected chi connectivity index (χ2v) is 7.16. The summed E-state index contributed by atoms with van der Waals surface area (Å²) in [5, 5.41) is 1.91. The van der Waals surface area contributed by atoms with Gasteiger partial charge in [0, 0.05) is 5.02 Å². The molecule has 1 heterocycles. The van der Waals surface area contributed by atoms with Crippen molar-refractivity contribution in [2.24, 2.45) is 0 Å². The third-order valence-electron chi connectivity index (χ3n) is 4.95. The van der Waals surface area contributed by atoms with Gasteiger partial charge in [0.25, 0.3) is 0 Å². The van der Waals surface area contributed by atoms with Gasteiger partial charge in [0.15, 0.2) is 0 Å². The van der Waals surface area contributed by atoms with Crippen molar-refractivity contribution in [1.82, 2.24) is 0 Å². The summed E-state index contributed by atoms with van der Waals surface area (Å²) in [5.41, 5.74) is 5.39. The van der Waals surface area contributed by atoms with Gasteiger partial charge in [-0.05, 0) is 58.7 Å². The molecule has 0 aliphatic heterocycles. The molecule has 0 amide bonds. The lowest BCUT2D eigenvalue weighted by Gasteiger charge is -2.07. The van der Waals surface area contributed by atoms with Crippen LogP contribution in [0, 0.1) is 0 Å². The Kier molecular flexibility index (Phi) is 4.00. The molecule has 0 bridgehead atoms. The normalized spacial score (nSPS) is 11.2. The van der Waals surface area contributed by atoms with Crippen molar-refractivity contribution in [2.75, 3.05) is 0 Å². The predicted octanol–water partition coefficient (Wildman–Crippen LogP) is 6.93. The quantitative estimate of drug-likeness (QED) is 0.310. The monoisotopic (exact) mass is 382 g/mol. The maximum atomic E-state index is 12.9. The van der Waals surface area contributed by atoms with Gasteiger partial charge < -0.3 is 4.42 Å². The van der Waals surface area contributed by atoms with Crippen LogP contribution >= 0.6 is 11.6 Å². The molecule has 0 aliphatic rings. The Balaban J connectivity index is 1.60. The van der Waals surface area contributed by atoms with E-state index in [9.17, 15) is 4.79 Å². The number of fused-ring (bicyclic) bond motifs is 2. The van der Waals surface area contributed by atoms with Crippen LogP contribution in [-0.4, -0.2) is 0 Å². The molecule has 0 spiro atoms. The van der Waals surface area contributed by atoms with Crippen LogP contribution in [0.3, 0.4) is 0 Å². The zero-order valence-corrected chi connectivity index (χ0v) is 15.6. The van der Waals surface area contributed by atoms with Gasteiger partial charge in [-0.25, -0.2) is 0 Å². The number of benzene rings is 4. The molecule has 0 atom stereocenters. The smallest absolute Gasteiger partial charge is 0.200 e. The van der Waals surface area contributed by atoms with Crippen LogP contribution < -0.4 is 5.43 Å². The van der Waals surface area contributed by atoms with Crippen LogP contribution in [0.15, 0.2) is 100 Å². The van der Waals surface area contributed by atoms with Crippen LogP contribution in [0.4, 0.5) is 0 Å². The summed E-state index contributed by atoms with van der Waals surface area (Å²) in [6.45, 7) is 0. The summed E-state index contributed by atoms with van der Waals surface area (Å²) >= 11 is 6.10. The summed E-state index contributed by atoms with van der Waals surface area (Å²) in [6.07, 6.45) is 0. The van der Waals surface area contributed by atoms with Crippen LogP contribution in [0.1, 0.15) is 0 Å². The van der Waals surface area contributed by atoms with Crippen LogP contribution in [-0.2, 0) is 0 Å². The molecule has 0 aliphatic carbocycles. The molecule has 0 unspecified atom stereocenters. The molecular weight excluding hydrogens is 368 g/mol. The van der Waals surface area contributed by atoms with Gasteiger partial charge in [0.2, 0.25) is 5.43 Å². The van der Waals surface area contributed by atoms with E-state index in [1.54, 1.807) is 6.07 Å². The first-order chi connectivity index (χ1) is 13.7. The van der Waals surface area contributed by atoms with Gasteiger partial charge in [-0.2, -0.15) is 0 Å². The van der Waals surface area contributed by atoms with Crippen molar-refractivity contribution < 1.29 is 4.42 Å². The van der Waals surface area contributed by atoms with E-state index in [0.717, 1.165) is 27.3 Å². The molecule has 0 N–H and O–H groups in total. The van der Waals surface area contributed by atoms with E-state index in [1.807, 2.05) is 60.7 Å². The topological polar surface area (TPSA) is 30.2 Å². The van der Waals surface area contributed by atoms with Crippen LogP contribution in [0.2, 0.25) is 5.02 Å². The Hall–Kier alpha value is -3.36. The summed E-state index contributed by atoms with van der Waals surface area (Å²) in [6, 6.07) is 29.1. The second-order valence-electron chi connectivity index (χ2n) is 6.73. The number of para-hydroxylation sites is 1. The third-order valence-corrected chi connectivity index (χ3v) is 5.19. The fourth-order valence-electron chi connectivity index (χ4n) is 3.51. The van der Waals surface area contributed by atoms with E-state index >= 15 is 0 Å². The van der Waals surface area contributed by atoms with Crippen molar-refractivity contribution in [3.05, 3.63) is 106 Å². The highest BCUT2D eigenvalue weighted by Gasteiger charge is 2.09. The number of hydrogen-bond acceptors (Lipinski definition) is 2. The average molecular weight is 383 g/mol. The van der Waals surface area contributed by atoms with E-state index in [2.05, 4.69) is 24.3 Å². The highest BCUT2D eigenvalue weighted by Crippen LogP contribution is 2.28. The van der Waals surface area contributed by atoms with Crippen molar-refractivity contribution in [1.29, 1.82) is 0 Å². The fraction of sp³-hybridized carbons (Fsp3) is 0. The van der Waals surface area contributed by atoms with E-state index in [1.165, 1.54) is 0 Å². The lowest BCUT2D eigenvalue weighted by Crippen LogP contribution is -2.01. The Bertz CT molecular complexity index is 1380. The Morgan fingerprint density at radius 3 is 1.96 bits per heavy atom. The first-order valence-corrected chi connectivity index (χ1v) is 9.39. The molecule has 5 aromatic rings. The fourth-order valence-corrected chi connectivity index (χ4v) is 3.70. The zero-order valence-electron chi connectivity index (χ0n) is 14.9. The van der Waals surface area contributed by atoms with Gasteiger partial charge in [0.05, 0.1) is 10.8 Å². The van der Waals surface area contributed by atoms with E-state index in [4.69, 9.17) is 16.0 Å². The molecule has 1 aromatic heterocycles. The standard InChI is InChI=1S/C25H15ClO2/c26-20-5-3-4-18(14-20)16-8-10-17(11-9-16)19-12-13-24-22(15-19)25(27)21-6-1-2-7-23(21)28-24/h1-15H. The van der Waals surface area contributed by atoms with Crippen molar-refractivity contribution in [3.63, 3.8) is 0 Å². The Morgan fingerprint density at radius 2 is 1.21 bits per heavy atom. The molecular formula is C25H15ClO2. The number of halogens is 1. The van der Waals surface area contributed by atoms with Gasteiger partial charge in [0.1, 0.15) is 11.2 Å². The Morgan fingerprint density at radius 1 is 0.571 bits per heavy atom. The highest BCUT2D eigenvalue weighted by molar-refractivity contribution is 6.30. The molecule has 134 valence electrons. The van der Waals surface area contributed by atoms with E-state index in [0.29, 0.717) is 21.9 Å². The SMILES string of the molecule is O=c1c2ccccc2oc2ccc(-c3ccc(-c4cccc(Cl)c4)cc3)cc12. The Labute approximate surface area is 166 Å². The highest BCUT2D eigenvalue weighted by atomic mass is 35.5. The molecule has 0 fully saturated rings. The van der Waals surface area contributed by atoms with Crippen molar-refractivity contribution in [2.45, 2.75) is 0 Å². The predicted molar refractivity (Wildman–Crippen MR) is 116 cm³/mol. The molecule has 28 heavy (non-hydrogen) atoms.